The molecule has 2 atom stereocenters. The number of likely N-dealkylation sites (N-methyl/N-ethyl adjacent to an activating group) is 1. The van der Waals surface area contributed by atoms with E-state index in [0.29, 0.717) is 6.04 Å². The van der Waals surface area contributed by atoms with Crippen molar-refractivity contribution in [1.29, 1.82) is 0 Å². The highest BCUT2D eigenvalue weighted by atomic mass is 35.5. The van der Waals surface area contributed by atoms with E-state index < -0.39 is 0 Å². The Kier molecular flexibility index (Phi) is 4.25. The zero-order valence-corrected chi connectivity index (χ0v) is 11.4. The molecule has 1 fully saturated rings. The van der Waals surface area contributed by atoms with Gasteiger partial charge in [0.25, 0.3) is 0 Å². The maximum Gasteiger partial charge on any atom is 0.0931 e. The van der Waals surface area contributed by atoms with Crippen molar-refractivity contribution in [2.75, 3.05) is 20.1 Å². The van der Waals surface area contributed by atoms with Crippen LogP contribution in [0.4, 0.5) is 0 Å². The number of thiophene rings is 1. The third-order valence-electron chi connectivity index (χ3n) is 3.43. The van der Waals surface area contributed by atoms with Gasteiger partial charge in [0, 0.05) is 24.0 Å². The molecule has 1 N–H and O–H groups in total. The van der Waals surface area contributed by atoms with Crippen molar-refractivity contribution in [1.82, 2.24) is 10.2 Å². The third-order valence-corrected chi connectivity index (χ3v) is 4.64. The average Bonchev–Trinajstić information content (AvgIpc) is 2.86. The smallest absolute Gasteiger partial charge is 0.0931 e. The molecule has 0 amide bonds. The second kappa shape index (κ2) is 5.50. The van der Waals surface area contributed by atoms with Crippen molar-refractivity contribution >= 4 is 22.9 Å². The van der Waals surface area contributed by atoms with Crippen molar-refractivity contribution in [3.63, 3.8) is 0 Å². The van der Waals surface area contributed by atoms with E-state index in [1.807, 2.05) is 6.07 Å². The number of rotatable bonds is 4. The van der Waals surface area contributed by atoms with Gasteiger partial charge in [-0.2, -0.15) is 0 Å². The average molecular weight is 259 g/mol. The van der Waals surface area contributed by atoms with E-state index in [1.54, 1.807) is 11.3 Å². The summed E-state index contributed by atoms with van der Waals surface area (Å²) in [5, 5.41) is 3.48. The van der Waals surface area contributed by atoms with Gasteiger partial charge in [-0.25, -0.2) is 0 Å². The Morgan fingerprint density at radius 1 is 1.50 bits per heavy atom. The zero-order chi connectivity index (χ0) is 11.5. The molecule has 1 aromatic rings. The van der Waals surface area contributed by atoms with E-state index in [0.717, 1.165) is 29.9 Å². The first-order valence-corrected chi connectivity index (χ1v) is 7.05. The molecule has 2 rings (SSSR count). The van der Waals surface area contributed by atoms with Crippen LogP contribution in [0.5, 0.6) is 0 Å². The Balaban J connectivity index is 1.94. The van der Waals surface area contributed by atoms with Crippen LogP contribution in [-0.4, -0.2) is 31.1 Å². The van der Waals surface area contributed by atoms with Gasteiger partial charge in [0.1, 0.15) is 0 Å². The molecule has 2 unspecified atom stereocenters. The fraction of sp³-hybridized carbons (Fsp3) is 0.667. The van der Waals surface area contributed by atoms with Crippen molar-refractivity contribution in [2.24, 2.45) is 5.92 Å². The lowest BCUT2D eigenvalue weighted by Gasteiger charge is -2.27. The Hall–Kier alpha value is -0.0900. The Morgan fingerprint density at radius 2 is 2.31 bits per heavy atom. The summed E-state index contributed by atoms with van der Waals surface area (Å²) in [6.07, 6.45) is 1.26. The predicted molar refractivity (Wildman–Crippen MR) is 71.2 cm³/mol. The number of hydrogen-bond donors (Lipinski definition) is 1. The molecule has 1 aliphatic heterocycles. The van der Waals surface area contributed by atoms with E-state index in [2.05, 4.69) is 30.3 Å². The number of hydrogen-bond acceptors (Lipinski definition) is 3. The summed E-state index contributed by atoms with van der Waals surface area (Å²) in [6.45, 7) is 5.57. The largest absolute Gasteiger partial charge is 0.315 e. The molecular formula is C12H19ClN2S. The first kappa shape index (κ1) is 12.4. The zero-order valence-electron chi connectivity index (χ0n) is 9.87. The summed E-state index contributed by atoms with van der Waals surface area (Å²) in [5.41, 5.74) is 0. The fourth-order valence-electron chi connectivity index (χ4n) is 2.45. The van der Waals surface area contributed by atoms with Gasteiger partial charge in [-0.1, -0.05) is 24.9 Å². The lowest BCUT2D eigenvalue weighted by atomic mass is 10.00. The molecule has 2 heterocycles. The fourth-order valence-corrected chi connectivity index (χ4v) is 3.60. The van der Waals surface area contributed by atoms with Gasteiger partial charge < -0.3 is 5.32 Å². The summed E-state index contributed by atoms with van der Waals surface area (Å²) in [5.74, 6) is 0.792. The summed E-state index contributed by atoms with van der Waals surface area (Å²) >= 11 is 7.63. The van der Waals surface area contributed by atoms with Crippen molar-refractivity contribution < 1.29 is 0 Å². The predicted octanol–water partition coefficient (Wildman–Crippen LogP) is 2.83. The van der Waals surface area contributed by atoms with Gasteiger partial charge in [-0.15, -0.1) is 11.3 Å². The van der Waals surface area contributed by atoms with E-state index >= 15 is 0 Å². The highest BCUT2D eigenvalue weighted by Gasteiger charge is 2.28. The molecule has 0 aliphatic carbocycles. The lowest BCUT2D eigenvalue weighted by Crippen LogP contribution is -2.37. The lowest BCUT2D eigenvalue weighted by molar-refractivity contribution is 0.202. The second-order valence-corrected chi connectivity index (χ2v) is 6.31. The second-order valence-electron chi connectivity index (χ2n) is 4.51. The van der Waals surface area contributed by atoms with Crippen LogP contribution in [0.1, 0.15) is 18.2 Å². The monoisotopic (exact) mass is 258 g/mol. The van der Waals surface area contributed by atoms with E-state index in [-0.39, 0.29) is 0 Å². The molecule has 0 bridgehead atoms. The normalized spacial score (nSPS) is 25.5. The van der Waals surface area contributed by atoms with Crippen molar-refractivity contribution in [2.45, 2.75) is 25.9 Å². The van der Waals surface area contributed by atoms with Gasteiger partial charge in [-0.3, -0.25) is 4.90 Å². The Morgan fingerprint density at radius 3 is 2.94 bits per heavy atom. The number of nitrogens with zero attached hydrogens (tertiary/aromatic N) is 1. The summed E-state index contributed by atoms with van der Waals surface area (Å²) in [6, 6.07) is 4.79. The first-order valence-electron chi connectivity index (χ1n) is 5.86. The van der Waals surface area contributed by atoms with Crippen LogP contribution in [0, 0.1) is 5.92 Å². The molecule has 0 spiro atoms. The van der Waals surface area contributed by atoms with Gasteiger partial charge in [0.05, 0.1) is 4.34 Å². The third kappa shape index (κ3) is 2.77. The minimum Gasteiger partial charge on any atom is -0.315 e. The van der Waals surface area contributed by atoms with E-state index in [1.165, 1.54) is 11.3 Å². The molecular weight excluding hydrogens is 240 g/mol. The molecule has 1 aromatic heterocycles. The van der Waals surface area contributed by atoms with Gasteiger partial charge in [0.15, 0.2) is 0 Å². The molecule has 1 saturated heterocycles. The number of nitrogens with one attached hydrogen (secondary N) is 1. The molecule has 0 radical (unpaired) electrons. The molecule has 4 heteroatoms. The Labute approximate surface area is 107 Å². The maximum absolute atomic E-state index is 5.95. The van der Waals surface area contributed by atoms with Crippen LogP contribution in [0.3, 0.4) is 0 Å². The molecule has 90 valence electrons. The highest BCUT2D eigenvalue weighted by molar-refractivity contribution is 7.16. The topological polar surface area (TPSA) is 15.3 Å². The van der Waals surface area contributed by atoms with Crippen LogP contribution in [0.2, 0.25) is 4.34 Å². The van der Waals surface area contributed by atoms with Crippen molar-refractivity contribution in [3.05, 3.63) is 21.3 Å². The SMILES string of the molecule is CCC1CNCC1N(C)Cc1ccc(Cl)s1. The maximum atomic E-state index is 5.95. The summed E-state index contributed by atoms with van der Waals surface area (Å²) < 4.78 is 0.889. The van der Waals surface area contributed by atoms with Gasteiger partial charge in [-0.05, 0) is 31.6 Å². The first-order chi connectivity index (χ1) is 7.70. The molecule has 0 saturated carbocycles. The molecule has 0 aromatic carbocycles. The van der Waals surface area contributed by atoms with Gasteiger partial charge in [0.2, 0.25) is 0 Å². The Bertz CT molecular complexity index is 340. The standard InChI is InChI=1S/C12H19ClN2S/c1-3-9-6-14-7-11(9)15(2)8-10-4-5-12(13)16-10/h4-5,9,11,14H,3,6-8H2,1-2H3. The van der Waals surface area contributed by atoms with Crippen molar-refractivity contribution in [3.8, 4) is 0 Å². The van der Waals surface area contributed by atoms with Crippen LogP contribution in [0.25, 0.3) is 0 Å². The highest BCUT2D eigenvalue weighted by Crippen LogP contribution is 2.25. The molecule has 1 aliphatic rings. The van der Waals surface area contributed by atoms with Gasteiger partial charge >= 0.3 is 0 Å². The van der Waals surface area contributed by atoms with E-state index in [9.17, 15) is 0 Å². The number of halogens is 1. The van der Waals surface area contributed by atoms with Crippen LogP contribution >= 0.6 is 22.9 Å². The minimum absolute atomic E-state index is 0.672. The minimum atomic E-state index is 0.672. The molecule has 2 nitrogen and oxygen atoms in total. The van der Waals surface area contributed by atoms with Crippen LogP contribution in [0.15, 0.2) is 12.1 Å². The summed E-state index contributed by atoms with van der Waals surface area (Å²) in [7, 11) is 2.22. The summed E-state index contributed by atoms with van der Waals surface area (Å²) in [4.78, 5) is 3.81. The van der Waals surface area contributed by atoms with E-state index in [4.69, 9.17) is 11.6 Å². The van der Waals surface area contributed by atoms with Crippen LogP contribution in [-0.2, 0) is 6.54 Å². The molecule has 16 heavy (non-hydrogen) atoms. The van der Waals surface area contributed by atoms with Crippen LogP contribution < -0.4 is 5.32 Å². The quantitative estimate of drug-likeness (QED) is 0.894.